The number of hydrogen-bond acceptors (Lipinski definition) is 4. The number of rotatable bonds is 3. The van der Waals surface area contributed by atoms with E-state index in [2.05, 4.69) is 0 Å². The summed E-state index contributed by atoms with van der Waals surface area (Å²) in [5.41, 5.74) is 6.87. The Kier molecular flexibility index (Phi) is 4.23. The molecular weight excluding hydrogens is 274 g/mol. The number of nitrogens with zero attached hydrogens (tertiary/aromatic N) is 1. The molecule has 3 amide bonds. The van der Waals surface area contributed by atoms with Crippen LogP contribution in [0.3, 0.4) is 0 Å². The van der Waals surface area contributed by atoms with Gasteiger partial charge in [0.1, 0.15) is 6.04 Å². The fraction of sp³-hybridized carbons (Fsp3) is 0.357. The van der Waals surface area contributed by atoms with Crippen molar-refractivity contribution in [2.24, 2.45) is 5.73 Å². The van der Waals surface area contributed by atoms with E-state index in [-0.39, 0.29) is 0 Å². The molecule has 7 nitrogen and oxygen atoms in total. The maximum atomic E-state index is 11.9. The van der Waals surface area contributed by atoms with Gasteiger partial charge in [0.15, 0.2) is 0 Å². The second kappa shape index (κ2) is 5.92. The largest absolute Gasteiger partial charge is 0.480 e. The van der Waals surface area contributed by atoms with Gasteiger partial charge in [-0.1, -0.05) is 24.3 Å². The van der Waals surface area contributed by atoms with Gasteiger partial charge in [0, 0.05) is 6.54 Å². The van der Waals surface area contributed by atoms with Gasteiger partial charge < -0.3 is 10.8 Å². The maximum absolute atomic E-state index is 11.9. The summed E-state index contributed by atoms with van der Waals surface area (Å²) in [6.45, 7) is 1.89. The van der Waals surface area contributed by atoms with Crippen molar-refractivity contribution in [3.63, 3.8) is 0 Å². The molecule has 4 N–H and O–H groups in total. The molecule has 2 unspecified atom stereocenters. The number of carbonyl (C=O) groups excluding carboxylic acids is 2. The molecule has 1 aliphatic rings. The topological polar surface area (TPSA) is 113 Å². The van der Waals surface area contributed by atoms with Crippen molar-refractivity contribution >= 4 is 17.9 Å². The summed E-state index contributed by atoms with van der Waals surface area (Å²) in [6.07, 6.45) is 0.319. The summed E-state index contributed by atoms with van der Waals surface area (Å²) in [7, 11) is 0. The summed E-state index contributed by atoms with van der Waals surface area (Å²) >= 11 is 0. The zero-order valence-corrected chi connectivity index (χ0v) is 11.6. The minimum atomic E-state index is -0.997. The normalized spacial score (nSPS) is 19.4. The Hall–Kier alpha value is -2.41. The van der Waals surface area contributed by atoms with Gasteiger partial charge in [0.25, 0.3) is 0 Å². The lowest BCUT2D eigenvalue weighted by Gasteiger charge is -2.37. The fourth-order valence-electron chi connectivity index (χ4n) is 2.56. The third kappa shape index (κ3) is 3.19. The highest BCUT2D eigenvalue weighted by Crippen LogP contribution is 2.25. The third-order valence-electron chi connectivity index (χ3n) is 3.69. The molecule has 0 radical (unpaired) electrons. The van der Waals surface area contributed by atoms with Crippen LogP contribution in [0.15, 0.2) is 24.3 Å². The molecule has 0 aromatic heterocycles. The molecule has 1 aliphatic heterocycles. The number of primary amides is 1. The average Bonchev–Trinajstić information content (AvgIpc) is 2.44. The van der Waals surface area contributed by atoms with E-state index in [0.29, 0.717) is 13.0 Å². The molecule has 0 aliphatic carbocycles. The van der Waals surface area contributed by atoms with Crippen molar-refractivity contribution in [3.8, 4) is 0 Å². The molecule has 1 aromatic carbocycles. The number of amides is 3. The van der Waals surface area contributed by atoms with Gasteiger partial charge in [-0.15, -0.1) is 0 Å². The Morgan fingerprint density at radius 1 is 1.33 bits per heavy atom. The summed E-state index contributed by atoms with van der Waals surface area (Å²) < 4.78 is 0. The third-order valence-corrected chi connectivity index (χ3v) is 3.69. The van der Waals surface area contributed by atoms with Crippen LogP contribution >= 0.6 is 0 Å². The van der Waals surface area contributed by atoms with E-state index in [1.54, 1.807) is 11.8 Å². The monoisotopic (exact) mass is 291 g/mol. The van der Waals surface area contributed by atoms with Crippen molar-refractivity contribution in [3.05, 3.63) is 35.4 Å². The number of fused-ring (bicyclic) bond motifs is 1. The Morgan fingerprint density at radius 2 is 1.95 bits per heavy atom. The maximum Gasteiger partial charge on any atom is 0.321 e. The van der Waals surface area contributed by atoms with E-state index in [4.69, 9.17) is 5.73 Å². The van der Waals surface area contributed by atoms with Crippen LogP contribution < -0.4 is 11.1 Å². The highest BCUT2D eigenvalue weighted by atomic mass is 16.4. The Morgan fingerprint density at radius 3 is 2.52 bits per heavy atom. The molecular formula is C14H17N3O4. The van der Waals surface area contributed by atoms with Crippen molar-refractivity contribution in [1.82, 2.24) is 10.2 Å². The average molecular weight is 291 g/mol. The molecule has 112 valence electrons. The molecule has 7 heteroatoms. The van der Waals surface area contributed by atoms with Gasteiger partial charge in [0.2, 0.25) is 5.91 Å². The molecule has 0 bridgehead atoms. The van der Waals surface area contributed by atoms with E-state index in [9.17, 15) is 19.5 Å². The highest BCUT2D eigenvalue weighted by molar-refractivity contribution is 5.96. The number of aliphatic carboxylic acids is 1. The number of nitrogens with one attached hydrogen (secondary N) is 1. The van der Waals surface area contributed by atoms with Gasteiger partial charge in [-0.25, -0.2) is 4.79 Å². The minimum absolute atomic E-state index is 0.319. The number of imide groups is 1. The van der Waals surface area contributed by atoms with Gasteiger partial charge in [-0.05, 0) is 24.5 Å². The predicted octanol–water partition coefficient (Wildman–Crippen LogP) is 0.0813. The second-order valence-electron chi connectivity index (χ2n) is 5.03. The van der Waals surface area contributed by atoms with E-state index in [1.165, 1.54) is 0 Å². The number of carboxylic acid groups (broad SMARTS) is 1. The van der Waals surface area contributed by atoms with Crippen LogP contribution in [0, 0.1) is 0 Å². The van der Waals surface area contributed by atoms with Crippen LogP contribution in [-0.2, 0) is 22.6 Å². The quantitative estimate of drug-likeness (QED) is 0.730. The lowest BCUT2D eigenvalue weighted by Crippen LogP contribution is -2.55. The number of urea groups is 1. The lowest BCUT2D eigenvalue weighted by atomic mass is 9.92. The molecule has 2 atom stereocenters. The molecule has 1 aromatic rings. The van der Waals surface area contributed by atoms with Crippen LogP contribution in [0.1, 0.15) is 18.1 Å². The number of carbonyl (C=O) groups is 3. The molecule has 0 spiro atoms. The number of benzene rings is 1. The zero-order valence-electron chi connectivity index (χ0n) is 11.6. The molecule has 0 fully saturated rings. The predicted molar refractivity (Wildman–Crippen MR) is 74.3 cm³/mol. The molecule has 0 saturated carbocycles. The number of carboxylic acids is 1. The van der Waals surface area contributed by atoms with E-state index < -0.39 is 30.0 Å². The second-order valence-corrected chi connectivity index (χ2v) is 5.03. The smallest absolute Gasteiger partial charge is 0.321 e. The zero-order chi connectivity index (χ0) is 15.6. The first kappa shape index (κ1) is 15.0. The van der Waals surface area contributed by atoms with Crippen molar-refractivity contribution in [2.45, 2.75) is 32.0 Å². The van der Waals surface area contributed by atoms with Gasteiger partial charge >= 0.3 is 12.0 Å². The Bertz CT molecular complexity index is 587. The summed E-state index contributed by atoms with van der Waals surface area (Å²) in [4.78, 5) is 35.7. The molecule has 1 heterocycles. The SMILES string of the molecule is CC(C(=O)NC(N)=O)N1Cc2ccccc2CC1C(=O)O. The van der Waals surface area contributed by atoms with Crippen molar-refractivity contribution in [2.75, 3.05) is 0 Å². The first-order valence-corrected chi connectivity index (χ1v) is 6.55. The van der Waals surface area contributed by atoms with Crippen LogP contribution in [-0.4, -0.2) is 40.0 Å². The minimum Gasteiger partial charge on any atom is -0.480 e. The van der Waals surface area contributed by atoms with Crippen LogP contribution in [0.4, 0.5) is 4.79 Å². The van der Waals surface area contributed by atoms with E-state index in [0.717, 1.165) is 11.1 Å². The Labute approximate surface area is 121 Å². The number of nitrogens with two attached hydrogens (primary N) is 1. The summed E-state index contributed by atoms with van der Waals surface area (Å²) in [6, 6.07) is 4.98. The van der Waals surface area contributed by atoms with Crippen LogP contribution in [0.2, 0.25) is 0 Å². The standard InChI is InChI=1S/C14H17N3O4/c1-8(12(18)16-14(15)21)17-7-10-5-3-2-4-9(10)6-11(17)13(19)20/h2-5,8,11H,6-7H2,1H3,(H,19,20)(H3,15,16,18,21). The summed E-state index contributed by atoms with van der Waals surface area (Å²) in [5, 5.41) is 11.4. The van der Waals surface area contributed by atoms with Crippen LogP contribution in [0.5, 0.6) is 0 Å². The first-order chi connectivity index (χ1) is 9.90. The van der Waals surface area contributed by atoms with Gasteiger partial charge in [-0.3, -0.25) is 19.8 Å². The van der Waals surface area contributed by atoms with E-state index in [1.807, 2.05) is 29.6 Å². The lowest BCUT2D eigenvalue weighted by molar-refractivity contribution is -0.146. The summed E-state index contributed by atoms with van der Waals surface area (Å²) in [5.74, 6) is -1.60. The molecule has 21 heavy (non-hydrogen) atoms. The molecule has 0 saturated heterocycles. The van der Waals surface area contributed by atoms with Crippen molar-refractivity contribution in [1.29, 1.82) is 0 Å². The first-order valence-electron chi connectivity index (χ1n) is 6.55. The van der Waals surface area contributed by atoms with Crippen LogP contribution in [0.25, 0.3) is 0 Å². The molecule has 2 rings (SSSR count). The van der Waals surface area contributed by atoms with E-state index >= 15 is 0 Å². The Balaban J connectivity index is 2.26. The highest BCUT2D eigenvalue weighted by Gasteiger charge is 2.36. The van der Waals surface area contributed by atoms with Gasteiger partial charge in [-0.2, -0.15) is 0 Å². The van der Waals surface area contributed by atoms with Gasteiger partial charge in [0.05, 0.1) is 6.04 Å². The number of hydrogen-bond donors (Lipinski definition) is 3. The van der Waals surface area contributed by atoms with Crippen molar-refractivity contribution < 1.29 is 19.5 Å². The fourth-order valence-corrected chi connectivity index (χ4v) is 2.56.